The van der Waals surface area contributed by atoms with Crippen molar-refractivity contribution in [3.05, 3.63) is 52.6 Å². The van der Waals surface area contributed by atoms with E-state index in [0.717, 1.165) is 12.0 Å². The van der Waals surface area contributed by atoms with Gasteiger partial charge in [0, 0.05) is 24.1 Å². The number of carboxylic acids is 1. The number of ether oxygens (including phenoxy) is 2. The minimum atomic E-state index is -1.93. The molecule has 162 valence electrons. The molecule has 9 nitrogen and oxygen atoms in total. The van der Waals surface area contributed by atoms with E-state index >= 15 is 0 Å². The monoisotopic (exact) mass is 426 g/mol. The number of carbonyl (C=O) groups is 4. The van der Waals surface area contributed by atoms with Crippen LogP contribution < -0.4 is 10.6 Å². The van der Waals surface area contributed by atoms with E-state index in [1.54, 1.807) is 24.3 Å². The summed E-state index contributed by atoms with van der Waals surface area (Å²) in [6, 6.07) is 6.46. The van der Waals surface area contributed by atoms with Crippen LogP contribution in [0, 0.1) is 5.41 Å². The number of rotatable bonds is 3. The van der Waals surface area contributed by atoms with E-state index in [1.807, 2.05) is 13.8 Å². The number of nitrogens with two attached hydrogens (primary N) is 1. The Bertz CT molecular complexity index is 1110. The van der Waals surface area contributed by atoms with Crippen LogP contribution in [0.3, 0.4) is 0 Å². The van der Waals surface area contributed by atoms with Crippen molar-refractivity contribution in [2.24, 2.45) is 11.1 Å². The fraction of sp³-hybridized carbons (Fsp3) is 0.364. The summed E-state index contributed by atoms with van der Waals surface area (Å²) in [5.74, 6) is -3.40. The molecule has 0 fully saturated rings. The SMILES string of the molecule is COC(=O)C1=C(N)OC2=C(C(=O)CC(C)(C)C2)C12C(=O)N(CC(=O)O)c1ccccc12. The van der Waals surface area contributed by atoms with E-state index in [2.05, 4.69) is 0 Å². The van der Waals surface area contributed by atoms with Gasteiger partial charge in [-0.05, 0) is 11.5 Å². The number of hydrogen-bond acceptors (Lipinski definition) is 7. The molecule has 1 unspecified atom stereocenters. The molecule has 9 heteroatoms. The smallest absolute Gasteiger partial charge is 0.340 e. The molecular weight excluding hydrogens is 404 g/mol. The minimum absolute atomic E-state index is 0.0202. The fourth-order valence-corrected chi connectivity index (χ4v) is 4.85. The van der Waals surface area contributed by atoms with Gasteiger partial charge >= 0.3 is 11.9 Å². The Morgan fingerprint density at radius 3 is 2.55 bits per heavy atom. The van der Waals surface area contributed by atoms with Crippen molar-refractivity contribution in [1.29, 1.82) is 0 Å². The molecule has 0 aromatic heterocycles. The Morgan fingerprint density at radius 1 is 1.23 bits per heavy atom. The van der Waals surface area contributed by atoms with E-state index in [0.29, 0.717) is 12.0 Å². The van der Waals surface area contributed by atoms with Gasteiger partial charge < -0.3 is 20.3 Å². The number of carbonyl (C=O) groups excluding carboxylic acids is 3. The van der Waals surface area contributed by atoms with Gasteiger partial charge in [-0.25, -0.2) is 4.79 Å². The second-order valence-corrected chi connectivity index (χ2v) is 8.62. The van der Waals surface area contributed by atoms with Crippen molar-refractivity contribution in [2.45, 2.75) is 32.1 Å². The van der Waals surface area contributed by atoms with Crippen LogP contribution in [-0.4, -0.2) is 42.4 Å². The molecule has 1 aliphatic carbocycles. The lowest BCUT2D eigenvalue weighted by Crippen LogP contribution is -2.52. The zero-order valence-corrected chi connectivity index (χ0v) is 17.4. The molecule has 1 atom stereocenters. The number of methoxy groups -OCH3 is 1. The lowest BCUT2D eigenvalue weighted by Gasteiger charge is -2.42. The third-order valence-corrected chi connectivity index (χ3v) is 5.91. The highest BCUT2D eigenvalue weighted by molar-refractivity contribution is 6.24. The van der Waals surface area contributed by atoms with Crippen molar-refractivity contribution in [2.75, 3.05) is 18.6 Å². The van der Waals surface area contributed by atoms with Crippen molar-refractivity contribution < 1.29 is 33.8 Å². The molecule has 0 bridgehead atoms. The van der Waals surface area contributed by atoms with E-state index in [-0.39, 0.29) is 40.7 Å². The van der Waals surface area contributed by atoms with Crippen molar-refractivity contribution in [3.63, 3.8) is 0 Å². The molecule has 3 aliphatic rings. The highest BCUT2D eigenvalue weighted by atomic mass is 16.5. The van der Waals surface area contributed by atoms with Crippen molar-refractivity contribution in [1.82, 2.24) is 0 Å². The summed E-state index contributed by atoms with van der Waals surface area (Å²) in [6.07, 6.45) is 0.443. The van der Waals surface area contributed by atoms with Crippen LogP contribution in [0.15, 0.2) is 47.1 Å². The number of fused-ring (bicyclic) bond motifs is 3. The van der Waals surface area contributed by atoms with Crippen LogP contribution in [-0.2, 0) is 34.1 Å². The van der Waals surface area contributed by atoms with Crippen LogP contribution >= 0.6 is 0 Å². The topological polar surface area (TPSA) is 136 Å². The van der Waals surface area contributed by atoms with Crippen LogP contribution in [0.25, 0.3) is 0 Å². The maximum absolute atomic E-state index is 13.9. The molecule has 0 radical (unpaired) electrons. The molecule has 31 heavy (non-hydrogen) atoms. The Kier molecular flexibility index (Phi) is 4.46. The van der Waals surface area contributed by atoms with Crippen LogP contribution in [0.2, 0.25) is 0 Å². The second-order valence-electron chi connectivity index (χ2n) is 8.62. The fourth-order valence-electron chi connectivity index (χ4n) is 4.85. The minimum Gasteiger partial charge on any atom is -0.480 e. The summed E-state index contributed by atoms with van der Waals surface area (Å²) in [5.41, 5.74) is 4.07. The normalized spacial score (nSPS) is 24.2. The van der Waals surface area contributed by atoms with Crippen molar-refractivity contribution in [3.8, 4) is 0 Å². The first-order valence-corrected chi connectivity index (χ1v) is 9.71. The molecule has 3 N–H and O–H groups in total. The molecule has 0 saturated carbocycles. The first kappa shape index (κ1) is 20.6. The van der Waals surface area contributed by atoms with Crippen LogP contribution in [0.5, 0.6) is 0 Å². The van der Waals surface area contributed by atoms with Gasteiger partial charge in [-0.3, -0.25) is 19.3 Å². The largest absolute Gasteiger partial charge is 0.480 e. The molecule has 1 aromatic carbocycles. The molecule has 2 heterocycles. The van der Waals surface area contributed by atoms with Crippen LogP contribution in [0.1, 0.15) is 32.3 Å². The zero-order valence-electron chi connectivity index (χ0n) is 17.4. The van der Waals surface area contributed by atoms with E-state index < -0.39 is 35.2 Å². The second kappa shape index (κ2) is 6.69. The lowest BCUT2D eigenvalue weighted by atomic mass is 9.62. The molecule has 2 aliphatic heterocycles. The molecule has 4 rings (SSSR count). The first-order chi connectivity index (χ1) is 14.5. The molecule has 0 saturated heterocycles. The predicted molar refractivity (Wildman–Crippen MR) is 107 cm³/mol. The lowest BCUT2D eigenvalue weighted by molar-refractivity contribution is -0.139. The number of aliphatic carboxylic acids is 1. The summed E-state index contributed by atoms with van der Waals surface area (Å²) in [5, 5.41) is 9.40. The summed E-state index contributed by atoms with van der Waals surface area (Å²) in [4.78, 5) is 52.8. The van der Waals surface area contributed by atoms with Gasteiger partial charge in [-0.15, -0.1) is 0 Å². The summed E-state index contributed by atoms with van der Waals surface area (Å²) < 4.78 is 10.6. The third-order valence-electron chi connectivity index (χ3n) is 5.91. The standard InChI is InChI=1S/C22H22N2O7/c1-21(2)8-13(25)16-14(9-21)31-18(23)17(19(28)30-3)22(16)11-6-4-5-7-12(11)24(20(22)29)10-15(26)27/h4-7H,8-10,23H2,1-3H3,(H,26,27). The zero-order chi connectivity index (χ0) is 22.7. The number of nitrogens with zero attached hydrogens (tertiary/aromatic N) is 1. The predicted octanol–water partition coefficient (Wildman–Crippen LogP) is 1.37. The maximum atomic E-state index is 13.9. The number of anilines is 1. The highest BCUT2D eigenvalue weighted by Crippen LogP contribution is 2.57. The number of hydrogen-bond donors (Lipinski definition) is 2. The number of amides is 1. The summed E-state index contributed by atoms with van der Waals surface area (Å²) >= 11 is 0. The van der Waals surface area contributed by atoms with E-state index in [9.17, 15) is 24.3 Å². The number of ketones is 1. The maximum Gasteiger partial charge on any atom is 0.340 e. The van der Waals surface area contributed by atoms with Gasteiger partial charge in [0.25, 0.3) is 0 Å². The quantitative estimate of drug-likeness (QED) is 0.692. The summed E-state index contributed by atoms with van der Waals surface area (Å²) in [6.45, 7) is 3.14. The van der Waals surface area contributed by atoms with E-state index in [1.165, 1.54) is 0 Å². The molecule has 1 amide bonds. The Balaban J connectivity index is 2.10. The van der Waals surface area contributed by atoms with Gasteiger partial charge in [0.1, 0.15) is 23.3 Å². The average Bonchev–Trinajstić information content (AvgIpc) is 2.89. The number of carboxylic acid groups (broad SMARTS) is 1. The number of para-hydroxylation sites is 1. The Labute approximate surface area is 178 Å². The van der Waals surface area contributed by atoms with Gasteiger partial charge in [0.05, 0.1) is 12.7 Å². The number of esters is 1. The third kappa shape index (κ3) is 2.76. The van der Waals surface area contributed by atoms with Gasteiger partial charge in [-0.2, -0.15) is 0 Å². The van der Waals surface area contributed by atoms with Crippen molar-refractivity contribution >= 4 is 29.3 Å². The van der Waals surface area contributed by atoms with Gasteiger partial charge in [0.15, 0.2) is 5.78 Å². The molecule has 1 spiro atoms. The first-order valence-electron chi connectivity index (χ1n) is 9.71. The molecular formula is C22H22N2O7. The number of benzene rings is 1. The van der Waals surface area contributed by atoms with Gasteiger partial charge in [-0.1, -0.05) is 32.0 Å². The Morgan fingerprint density at radius 2 is 1.90 bits per heavy atom. The van der Waals surface area contributed by atoms with Gasteiger partial charge in [0.2, 0.25) is 11.8 Å². The highest BCUT2D eigenvalue weighted by Gasteiger charge is 2.64. The Hall–Kier alpha value is -3.62. The number of Topliss-reactive ketones (excluding diaryl/α,β-unsaturated/α-hetero) is 1. The average molecular weight is 426 g/mol. The number of allylic oxidation sites excluding steroid dienone is 1. The van der Waals surface area contributed by atoms with Crippen LogP contribution in [0.4, 0.5) is 5.69 Å². The molecule has 1 aromatic rings. The van der Waals surface area contributed by atoms with E-state index in [4.69, 9.17) is 15.2 Å². The summed E-state index contributed by atoms with van der Waals surface area (Å²) in [7, 11) is 1.13.